The molecular formula is C13H28N2O. The van der Waals surface area contributed by atoms with Gasteiger partial charge in [-0.15, -0.1) is 0 Å². The van der Waals surface area contributed by atoms with Crippen molar-refractivity contribution in [3.8, 4) is 0 Å². The molecule has 1 N–H and O–H groups in total. The Kier molecular flexibility index (Phi) is 7.01. The number of nitrogens with zero attached hydrogens (tertiary/aromatic N) is 1. The van der Waals surface area contributed by atoms with Crippen molar-refractivity contribution in [3.05, 3.63) is 0 Å². The Labute approximate surface area is 101 Å². The molecule has 0 aliphatic carbocycles. The van der Waals surface area contributed by atoms with Crippen molar-refractivity contribution in [1.82, 2.24) is 10.2 Å². The van der Waals surface area contributed by atoms with Crippen molar-refractivity contribution in [1.29, 1.82) is 0 Å². The van der Waals surface area contributed by atoms with Crippen LogP contribution in [0.15, 0.2) is 0 Å². The van der Waals surface area contributed by atoms with Crippen LogP contribution in [0.5, 0.6) is 0 Å². The summed E-state index contributed by atoms with van der Waals surface area (Å²) >= 11 is 0. The van der Waals surface area contributed by atoms with Crippen molar-refractivity contribution in [3.63, 3.8) is 0 Å². The number of rotatable bonds is 7. The van der Waals surface area contributed by atoms with Crippen molar-refractivity contribution in [2.24, 2.45) is 0 Å². The molecule has 0 saturated carbocycles. The first-order chi connectivity index (χ1) is 7.74. The lowest BCUT2D eigenvalue weighted by molar-refractivity contribution is -0.0496. The minimum Gasteiger partial charge on any atom is -0.376 e. The molecule has 3 heteroatoms. The number of hydrogen-bond acceptors (Lipinski definition) is 3. The van der Waals surface area contributed by atoms with E-state index in [0.717, 1.165) is 19.7 Å². The van der Waals surface area contributed by atoms with Gasteiger partial charge in [-0.3, -0.25) is 4.90 Å². The zero-order valence-electron chi connectivity index (χ0n) is 11.2. The van der Waals surface area contributed by atoms with Crippen molar-refractivity contribution in [2.45, 2.75) is 52.2 Å². The van der Waals surface area contributed by atoms with Gasteiger partial charge in [0.15, 0.2) is 0 Å². The number of nitrogens with one attached hydrogen (secondary N) is 1. The molecule has 1 aliphatic rings. The topological polar surface area (TPSA) is 24.5 Å². The molecule has 16 heavy (non-hydrogen) atoms. The first kappa shape index (κ1) is 13.9. The van der Waals surface area contributed by atoms with Gasteiger partial charge in [0.25, 0.3) is 0 Å². The summed E-state index contributed by atoms with van der Waals surface area (Å²) in [7, 11) is 0. The third-order valence-electron chi connectivity index (χ3n) is 3.29. The highest BCUT2D eigenvalue weighted by molar-refractivity contribution is 4.74. The summed E-state index contributed by atoms with van der Waals surface area (Å²) in [6, 6.07) is 0.602. The summed E-state index contributed by atoms with van der Waals surface area (Å²) in [6.45, 7) is 12.1. The molecule has 0 spiro atoms. The molecule has 96 valence electrons. The van der Waals surface area contributed by atoms with Crippen molar-refractivity contribution >= 4 is 0 Å². The van der Waals surface area contributed by atoms with Crippen LogP contribution in [0.2, 0.25) is 0 Å². The Balaban J connectivity index is 2.02. The van der Waals surface area contributed by atoms with E-state index in [2.05, 4.69) is 31.0 Å². The maximum atomic E-state index is 5.63. The van der Waals surface area contributed by atoms with Crippen LogP contribution in [-0.2, 0) is 4.74 Å². The normalized spacial score (nSPS) is 27.2. The molecule has 3 nitrogen and oxygen atoms in total. The molecule has 1 saturated heterocycles. The summed E-state index contributed by atoms with van der Waals surface area (Å²) in [6.07, 6.45) is 4.38. The molecule has 2 unspecified atom stereocenters. The fourth-order valence-electron chi connectivity index (χ4n) is 2.20. The van der Waals surface area contributed by atoms with Gasteiger partial charge < -0.3 is 10.1 Å². The van der Waals surface area contributed by atoms with Crippen molar-refractivity contribution < 1.29 is 4.74 Å². The average molecular weight is 228 g/mol. The van der Waals surface area contributed by atoms with Crippen LogP contribution in [0.25, 0.3) is 0 Å². The zero-order chi connectivity index (χ0) is 11.8. The van der Waals surface area contributed by atoms with E-state index in [1.165, 1.54) is 32.4 Å². The second-order valence-electron chi connectivity index (χ2n) is 4.90. The standard InChI is InChI=1S/C13H28N2O/c1-4-14-8-6-5-7-9-15-10-13(3)16-11-12(15)2/h12-14H,4-11H2,1-3H3. The van der Waals surface area contributed by atoms with E-state index in [-0.39, 0.29) is 0 Å². The molecule has 0 bridgehead atoms. The number of ether oxygens (including phenoxy) is 1. The van der Waals surface area contributed by atoms with E-state index in [1.54, 1.807) is 0 Å². The lowest BCUT2D eigenvalue weighted by Gasteiger charge is -2.36. The van der Waals surface area contributed by atoms with Crippen LogP contribution in [0.1, 0.15) is 40.0 Å². The summed E-state index contributed by atoms with van der Waals surface area (Å²) in [4.78, 5) is 2.57. The maximum Gasteiger partial charge on any atom is 0.0674 e. The van der Waals surface area contributed by atoms with Gasteiger partial charge in [0, 0.05) is 12.6 Å². The monoisotopic (exact) mass is 228 g/mol. The molecule has 1 rings (SSSR count). The molecule has 1 aliphatic heterocycles. The zero-order valence-corrected chi connectivity index (χ0v) is 11.2. The summed E-state index contributed by atoms with van der Waals surface area (Å²) in [5, 5.41) is 3.37. The van der Waals surface area contributed by atoms with Crippen LogP contribution >= 0.6 is 0 Å². The number of hydrogen-bond donors (Lipinski definition) is 1. The highest BCUT2D eigenvalue weighted by atomic mass is 16.5. The lowest BCUT2D eigenvalue weighted by Crippen LogP contribution is -2.47. The molecular weight excluding hydrogens is 200 g/mol. The van der Waals surface area contributed by atoms with Gasteiger partial charge in [-0.2, -0.15) is 0 Å². The Hall–Kier alpha value is -0.120. The lowest BCUT2D eigenvalue weighted by atomic mass is 10.1. The van der Waals surface area contributed by atoms with E-state index in [9.17, 15) is 0 Å². The molecule has 0 aromatic rings. The van der Waals surface area contributed by atoms with Gasteiger partial charge in [-0.25, -0.2) is 0 Å². The quantitative estimate of drug-likeness (QED) is 0.673. The van der Waals surface area contributed by atoms with Crippen molar-refractivity contribution in [2.75, 3.05) is 32.8 Å². The largest absolute Gasteiger partial charge is 0.376 e. The fraction of sp³-hybridized carbons (Fsp3) is 1.00. The SMILES string of the molecule is CCNCCCCCN1CC(C)OCC1C. The Bertz CT molecular complexity index is 175. The number of morpholine rings is 1. The van der Waals surface area contributed by atoms with Gasteiger partial charge in [-0.1, -0.05) is 13.3 Å². The van der Waals surface area contributed by atoms with E-state index in [0.29, 0.717) is 12.1 Å². The predicted molar refractivity (Wildman–Crippen MR) is 68.8 cm³/mol. The second-order valence-corrected chi connectivity index (χ2v) is 4.90. The first-order valence-electron chi connectivity index (χ1n) is 6.80. The van der Waals surface area contributed by atoms with Crippen LogP contribution < -0.4 is 5.32 Å². The third kappa shape index (κ3) is 5.28. The maximum absolute atomic E-state index is 5.63. The Morgan fingerprint density at radius 3 is 2.81 bits per heavy atom. The Morgan fingerprint density at radius 1 is 1.25 bits per heavy atom. The van der Waals surface area contributed by atoms with E-state index in [4.69, 9.17) is 4.74 Å². The predicted octanol–water partition coefficient (Wildman–Crippen LogP) is 1.88. The highest BCUT2D eigenvalue weighted by Crippen LogP contribution is 2.12. The van der Waals surface area contributed by atoms with Gasteiger partial charge >= 0.3 is 0 Å². The molecule has 1 heterocycles. The average Bonchev–Trinajstić information content (AvgIpc) is 2.28. The van der Waals surface area contributed by atoms with Crippen LogP contribution in [0.3, 0.4) is 0 Å². The molecule has 1 fully saturated rings. The molecule has 0 aromatic heterocycles. The van der Waals surface area contributed by atoms with E-state index < -0.39 is 0 Å². The van der Waals surface area contributed by atoms with Gasteiger partial charge in [0.1, 0.15) is 0 Å². The summed E-state index contributed by atoms with van der Waals surface area (Å²) in [5.41, 5.74) is 0. The Morgan fingerprint density at radius 2 is 2.06 bits per heavy atom. The molecule has 0 aromatic carbocycles. The minimum atomic E-state index is 0.415. The first-order valence-corrected chi connectivity index (χ1v) is 6.80. The fourth-order valence-corrected chi connectivity index (χ4v) is 2.20. The third-order valence-corrected chi connectivity index (χ3v) is 3.29. The van der Waals surface area contributed by atoms with E-state index in [1.807, 2.05) is 0 Å². The second kappa shape index (κ2) is 8.04. The van der Waals surface area contributed by atoms with Crippen LogP contribution in [0.4, 0.5) is 0 Å². The van der Waals surface area contributed by atoms with Crippen LogP contribution in [-0.4, -0.2) is 49.8 Å². The summed E-state index contributed by atoms with van der Waals surface area (Å²) < 4.78 is 5.63. The number of unbranched alkanes of at least 4 members (excludes halogenated alkanes) is 2. The highest BCUT2D eigenvalue weighted by Gasteiger charge is 2.22. The molecule has 2 atom stereocenters. The van der Waals surface area contributed by atoms with E-state index >= 15 is 0 Å². The van der Waals surface area contributed by atoms with Gasteiger partial charge in [0.05, 0.1) is 12.7 Å². The smallest absolute Gasteiger partial charge is 0.0674 e. The minimum absolute atomic E-state index is 0.415. The molecule has 0 radical (unpaired) electrons. The summed E-state index contributed by atoms with van der Waals surface area (Å²) in [5.74, 6) is 0. The molecule has 0 amide bonds. The van der Waals surface area contributed by atoms with Crippen LogP contribution in [0, 0.1) is 0 Å². The van der Waals surface area contributed by atoms with Gasteiger partial charge in [-0.05, 0) is 46.3 Å². The van der Waals surface area contributed by atoms with Gasteiger partial charge in [0.2, 0.25) is 0 Å².